The molecule has 0 aromatic heterocycles. The number of carbonyl (C=O) groups excluding carboxylic acids is 2. The van der Waals surface area contributed by atoms with Gasteiger partial charge in [0.05, 0.1) is 6.42 Å². The van der Waals surface area contributed by atoms with E-state index in [0.29, 0.717) is 12.8 Å². The lowest BCUT2D eigenvalue weighted by molar-refractivity contribution is -0.120. The smallest absolute Gasteiger partial charge is 0.224 e. The summed E-state index contributed by atoms with van der Waals surface area (Å²) in [5.74, 6) is 0.0835. The zero-order valence-corrected chi connectivity index (χ0v) is 14.6. The number of benzene rings is 1. The molecular formula is C19H29N3O2. The number of nitrogens with one attached hydrogen (secondary N) is 2. The van der Waals surface area contributed by atoms with Crippen LogP contribution in [-0.2, 0) is 16.0 Å². The third kappa shape index (κ3) is 6.71. The first-order chi connectivity index (χ1) is 11.7. The van der Waals surface area contributed by atoms with E-state index in [0.717, 1.165) is 37.2 Å². The van der Waals surface area contributed by atoms with Crippen LogP contribution in [0.4, 0.5) is 5.69 Å². The highest BCUT2D eigenvalue weighted by Crippen LogP contribution is 2.11. The van der Waals surface area contributed by atoms with Crippen LogP contribution in [0.15, 0.2) is 24.3 Å². The lowest BCUT2D eigenvalue weighted by Gasteiger charge is -2.14. The minimum Gasteiger partial charge on any atom is -0.356 e. The van der Waals surface area contributed by atoms with Gasteiger partial charge in [0.15, 0.2) is 0 Å². The average Bonchev–Trinajstić information content (AvgIpc) is 3.07. The Balaban J connectivity index is 1.64. The van der Waals surface area contributed by atoms with Crippen molar-refractivity contribution in [2.24, 2.45) is 0 Å². The van der Waals surface area contributed by atoms with Gasteiger partial charge in [-0.25, -0.2) is 0 Å². The summed E-state index contributed by atoms with van der Waals surface area (Å²) in [5, 5.41) is 5.83. The maximum Gasteiger partial charge on any atom is 0.224 e. The molecule has 5 heteroatoms. The molecule has 1 fully saturated rings. The Morgan fingerprint density at radius 2 is 1.79 bits per heavy atom. The Kier molecular flexibility index (Phi) is 7.75. The molecule has 0 radical (unpaired) electrons. The third-order valence-corrected chi connectivity index (χ3v) is 4.25. The van der Waals surface area contributed by atoms with Gasteiger partial charge in [0, 0.05) is 18.7 Å². The van der Waals surface area contributed by atoms with E-state index in [-0.39, 0.29) is 11.8 Å². The number of rotatable bonds is 9. The zero-order chi connectivity index (χ0) is 17.2. The van der Waals surface area contributed by atoms with Crippen LogP contribution in [0.1, 0.15) is 44.6 Å². The van der Waals surface area contributed by atoms with Crippen LogP contribution >= 0.6 is 0 Å². The molecule has 1 saturated heterocycles. The molecule has 0 atom stereocenters. The Morgan fingerprint density at radius 1 is 1.08 bits per heavy atom. The average molecular weight is 331 g/mol. The molecule has 5 nitrogen and oxygen atoms in total. The molecule has 2 amide bonds. The molecule has 24 heavy (non-hydrogen) atoms. The van der Waals surface area contributed by atoms with Gasteiger partial charge < -0.3 is 15.5 Å². The largest absolute Gasteiger partial charge is 0.356 e. The van der Waals surface area contributed by atoms with Gasteiger partial charge in [0.25, 0.3) is 0 Å². The van der Waals surface area contributed by atoms with Crippen LogP contribution < -0.4 is 10.6 Å². The molecule has 1 heterocycles. The Morgan fingerprint density at radius 3 is 2.46 bits per heavy atom. The van der Waals surface area contributed by atoms with Crippen molar-refractivity contribution < 1.29 is 9.59 Å². The van der Waals surface area contributed by atoms with Gasteiger partial charge in [-0.2, -0.15) is 0 Å². The van der Waals surface area contributed by atoms with E-state index in [2.05, 4.69) is 15.5 Å². The van der Waals surface area contributed by atoms with Crippen LogP contribution in [0.25, 0.3) is 0 Å². The third-order valence-electron chi connectivity index (χ3n) is 4.25. The second-order valence-corrected chi connectivity index (χ2v) is 6.42. The van der Waals surface area contributed by atoms with Crippen molar-refractivity contribution in [1.29, 1.82) is 0 Å². The van der Waals surface area contributed by atoms with Crippen LogP contribution in [-0.4, -0.2) is 42.9 Å². The number of nitrogens with zero attached hydrogens (tertiary/aromatic N) is 1. The van der Waals surface area contributed by atoms with Gasteiger partial charge in [-0.1, -0.05) is 19.1 Å². The van der Waals surface area contributed by atoms with E-state index in [4.69, 9.17) is 0 Å². The van der Waals surface area contributed by atoms with Crippen LogP contribution in [0.2, 0.25) is 0 Å². The molecule has 1 aromatic carbocycles. The van der Waals surface area contributed by atoms with E-state index in [1.807, 2.05) is 31.2 Å². The van der Waals surface area contributed by atoms with Crippen molar-refractivity contribution in [1.82, 2.24) is 10.2 Å². The number of likely N-dealkylation sites (tertiary alicyclic amines) is 1. The number of hydrogen-bond acceptors (Lipinski definition) is 3. The van der Waals surface area contributed by atoms with Crippen molar-refractivity contribution in [2.75, 3.05) is 31.5 Å². The molecule has 1 aliphatic rings. The van der Waals surface area contributed by atoms with Crippen molar-refractivity contribution in [3.8, 4) is 0 Å². The van der Waals surface area contributed by atoms with E-state index in [9.17, 15) is 9.59 Å². The van der Waals surface area contributed by atoms with Gasteiger partial charge >= 0.3 is 0 Å². The van der Waals surface area contributed by atoms with Gasteiger partial charge in [0.2, 0.25) is 11.8 Å². The van der Waals surface area contributed by atoms with Crippen LogP contribution in [0, 0.1) is 0 Å². The fourth-order valence-electron chi connectivity index (χ4n) is 2.94. The van der Waals surface area contributed by atoms with Crippen molar-refractivity contribution >= 4 is 17.5 Å². The number of hydrogen-bond donors (Lipinski definition) is 2. The Bertz CT molecular complexity index is 522. The normalized spacial score (nSPS) is 14.5. The molecule has 2 N–H and O–H groups in total. The summed E-state index contributed by atoms with van der Waals surface area (Å²) in [5.41, 5.74) is 1.74. The molecule has 2 rings (SSSR count). The predicted molar refractivity (Wildman–Crippen MR) is 97.0 cm³/mol. The standard InChI is InChI=1S/C19H29N3O2/c1-2-6-18(23)21-17-9-7-16(8-10-17)15-19(24)20-11-5-14-22-12-3-4-13-22/h7-10H,2-6,11-15H2,1H3,(H,20,24)(H,21,23). The van der Waals surface area contributed by atoms with Gasteiger partial charge in [-0.05, 0) is 63.0 Å². The van der Waals surface area contributed by atoms with Gasteiger partial charge in [-0.3, -0.25) is 9.59 Å². The first-order valence-electron chi connectivity index (χ1n) is 9.05. The summed E-state index contributed by atoms with van der Waals surface area (Å²) in [7, 11) is 0. The molecule has 0 bridgehead atoms. The number of anilines is 1. The fourth-order valence-corrected chi connectivity index (χ4v) is 2.94. The summed E-state index contributed by atoms with van der Waals surface area (Å²) in [6.07, 6.45) is 5.37. The second kappa shape index (κ2) is 10.1. The molecule has 0 saturated carbocycles. The maximum atomic E-state index is 12.0. The van der Waals surface area contributed by atoms with E-state index in [1.54, 1.807) is 0 Å². The Labute approximate surface area is 144 Å². The predicted octanol–water partition coefficient (Wildman–Crippen LogP) is 2.57. The molecule has 1 aliphatic heterocycles. The lowest BCUT2D eigenvalue weighted by Crippen LogP contribution is -2.29. The van der Waals surface area contributed by atoms with Gasteiger partial charge in [-0.15, -0.1) is 0 Å². The number of amides is 2. The van der Waals surface area contributed by atoms with E-state index >= 15 is 0 Å². The fraction of sp³-hybridized carbons (Fsp3) is 0.579. The van der Waals surface area contributed by atoms with Gasteiger partial charge in [0.1, 0.15) is 0 Å². The topological polar surface area (TPSA) is 61.4 Å². The molecule has 0 aliphatic carbocycles. The zero-order valence-electron chi connectivity index (χ0n) is 14.6. The molecule has 0 unspecified atom stereocenters. The summed E-state index contributed by atoms with van der Waals surface area (Å²) in [4.78, 5) is 26.0. The van der Waals surface area contributed by atoms with E-state index < -0.39 is 0 Å². The Hall–Kier alpha value is -1.88. The van der Waals surface area contributed by atoms with Crippen molar-refractivity contribution in [3.05, 3.63) is 29.8 Å². The molecule has 0 spiro atoms. The first-order valence-corrected chi connectivity index (χ1v) is 9.05. The van der Waals surface area contributed by atoms with Crippen molar-refractivity contribution in [2.45, 2.75) is 45.4 Å². The molecule has 132 valence electrons. The highest BCUT2D eigenvalue weighted by molar-refractivity contribution is 5.90. The van der Waals surface area contributed by atoms with E-state index in [1.165, 1.54) is 25.9 Å². The molecular weight excluding hydrogens is 302 g/mol. The summed E-state index contributed by atoms with van der Waals surface area (Å²) >= 11 is 0. The summed E-state index contributed by atoms with van der Waals surface area (Å²) < 4.78 is 0. The minimum atomic E-state index is 0.0287. The minimum absolute atomic E-state index is 0.0287. The SMILES string of the molecule is CCCC(=O)Nc1ccc(CC(=O)NCCCN2CCCC2)cc1. The highest BCUT2D eigenvalue weighted by Gasteiger charge is 2.10. The monoisotopic (exact) mass is 331 g/mol. The number of carbonyl (C=O) groups is 2. The second-order valence-electron chi connectivity index (χ2n) is 6.42. The summed E-state index contributed by atoms with van der Waals surface area (Å²) in [6, 6.07) is 7.49. The first kappa shape index (κ1) is 18.5. The summed E-state index contributed by atoms with van der Waals surface area (Å²) in [6.45, 7) is 6.20. The highest BCUT2D eigenvalue weighted by atomic mass is 16.2. The quantitative estimate of drug-likeness (QED) is 0.684. The van der Waals surface area contributed by atoms with Crippen LogP contribution in [0.5, 0.6) is 0 Å². The van der Waals surface area contributed by atoms with Crippen LogP contribution in [0.3, 0.4) is 0 Å². The van der Waals surface area contributed by atoms with Crippen molar-refractivity contribution in [3.63, 3.8) is 0 Å². The maximum absolute atomic E-state index is 12.0. The lowest BCUT2D eigenvalue weighted by atomic mass is 10.1. The molecule has 1 aromatic rings.